The number of hydrogen-bond acceptors (Lipinski definition) is 5. The maximum atomic E-state index is 7.19. The maximum absolute atomic E-state index is 7.19. The Balaban J connectivity index is 2.11. The van der Waals surface area contributed by atoms with Crippen molar-refractivity contribution in [3.63, 3.8) is 0 Å². The SMILES string of the molecule is N=C(N)c1cnc(N2CCOCC2)cn1. The first kappa shape index (κ1) is 9.85. The minimum Gasteiger partial charge on any atom is -0.382 e. The molecule has 1 aromatic heterocycles. The standard InChI is InChI=1S/C9H13N5O/c10-9(11)7-5-13-8(6-12-7)14-1-3-15-4-2-14/h5-6H,1-4H2,(H3,10,11). The minimum absolute atomic E-state index is 0.0592. The molecule has 80 valence electrons. The van der Waals surface area contributed by atoms with Crippen molar-refractivity contribution in [2.45, 2.75) is 0 Å². The van der Waals surface area contributed by atoms with E-state index in [0.717, 1.165) is 32.1 Å². The zero-order valence-electron chi connectivity index (χ0n) is 8.31. The molecule has 1 fully saturated rings. The van der Waals surface area contributed by atoms with Gasteiger partial charge in [-0.2, -0.15) is 0 Å². The largest absolute Gasteiger partial charge is 0.382 e. The molecular formula is C9H13N5O. The predicted octanol–water partition coefficient (Wildman–Crippen LogP) is -0.403. The lowest BCUT2D eigenvalue weighted by molar-refractivity contribution is 0.122. The molecule has 2 heterocycles. The van der Waals surface area contributed by atoms with E-state index in [-0.39, 0.29) is 5.84 Å². The molecule has 0 spiro atoms. The number of nitrogen functional groups attached to an aromatic ring is 1. The molecule has 6 nitrogen and oxygen atoms in total. The third-order valence-corrected chi connectivity index (χ3v) is 2.25. The van der Waals surface area contributed by atoms with Gasteiger partial charge in [0.15, 0.2) is 0 Å². The molecule has 6 heteroatoms. The summed E-state index contributed by atoms with van der Waals surface area (Å²) in [6, 6.07) is 0. The summed E-state index contributed by atoms with van der Waals surface area (Å²) in [5, 5.41) is 7.19. The van der Waals surface area contributed by atoms with Gasteiger partial charge >= 0.3 is 0 Å². The number of nitrogens with two attached hydrogens (primary N) is 1. The molecule has 0 aliphatic carbocycles. The molecule has 0 aromatic carbocycles. The van der Waals surface area contributed by atoms with E-state index in [2.05, 4.69) is 14.9 Å². The van der Waals surface area contributed by atoms with Gasteiger partial charge < -0.3 is 15.4 Å². The van der Waals surface area contributed by atoms with Crippen LogP contribution in [0.15, 0.2) is 12.4 Å². The molecule has 0 saturated carbocycles. The van der Waals surface area contributed by atoms with Gasteiger partial charge in [-0.3, -0.25) is 5.41 Å². The highest BCUT2D eigenvalue weighted by Gasteiger charge is 2.12. The second-order valence-electron chi connectivity index (χ2n) is 3.27. The van der Waals surface area contributed by atoms with E-state index < -0.39 is 0 Å². The molecule has 1 saturated heterocycles. The Bertz CT molecular complexity index is 344. The van der Waals surface area contributed by atoms with Gasteiger partial charge in [0, 0.05) is 13.1 Å². The molecule has 0 amide bonds. The Kier molecular flexibility index (Phi) is 2.77. The van der Waals surface area contributed by atoms with Crippen molar-refractivity contribution in [1.82, 2.24) is 9.97 Å². The first-order chi connectivity index (χ1) is 7.27. The molecule has 0 unspecified atom stereocenters. The number of aromatic nitrogens is 2. The molecule has 0 radical (unpaired) electrons. The number of amidine groups is 1. The number of rotatable bonds is 2. The summed E-state index contributed by atoms with van der Waals surface area (Å²) in [4.78, 5) is 10.4. The Morgan fingerprint density at radius 2 is 2.07 bits per heavy atom. The van der Waals surface area contributed by atoms with Gasteiger partial charge in [-0.05, 0) is 0 Å². The number of morpholine rings is 1. The molecule has 1 aliphatic rings. The van der Waals surface area contributed by atoms with Crippen LogP contribution in [0.2, 0.25) is 0 Å². The van der Waals surface area contributed by atoms with Crippen LogP contribution in [0, 0.1) is 5.41 Å². The van der Waals surface area contributed by atoms with Crippen molar-refractivity contribution >= 4 is 11.7 Å². The number of nitrogens with one attached hydrogen (secondary N) is 1. The van der Waals surface area contributed by atoms with E-state index in [0.29, 0.717) is 5.69 Å². The van der Waals surface area contributed by atoms with Crippen LogP contribution in [0.3, 0.4) is 0 Å². The van der Waals surface area contributed by atoms with Crippen LogP contribution in [-0.2, 0) is 4.74 Å². The molecule has 3 N–H and O–H groups in total. The molecule has 0 atom stereocenters. The third kappa shape index (κ3) is 2.21. The second kappa shape index (κ2) is 4.22. The number of ether oxygens (including phenoxy) is 1. The van der Waals surface area contributed by atoms with Crippen molar-refractivity contribution in [3.8, 4) is 0 Å². The zero-order valence-corrected chi connectivity index (χ0v) is 8.31. The van der Waals surface area contributed by atoms with Crippen molar-refractivity contribution in [2.24, 2.45) is 5.73 Å². The fraction of sp³-hybridized carbons (Fsp3) is 0.444. The summed E-state index contributed by atoms with van der Waals surface area (Å²) in [5.74, 6) is 0.749. The second-order valence-corrected chi connectivity index (χ2v) is 3.27. The lowest BCUT2D eigenvalue weighted by atomic mass is 10.4. The topological polar surface area (TPSA) is 88.1 Å². The van der Waals surface area contributed by atoms with Crippen molar-refractivity contribution in [3.05, 3.63) is 18.1 Å². The smallest absolute Gasteiger partial charge is 0.147 e. The van der Waals surface area contributed by atoms with Gasteiger partial charge in [-0.25, -0.2) is 9.97 Å². The van der Waals surface area contributed by atoms with Crippen LogP contribution < -0.4 is 10.6 Å². The fourth-order valence-corrected chi connectivity index (χ4v) is 1.42. The monoisotopic (exact) mass is 207 g/mol. The molecular weight excluding hydrogens is 194 g/mol. The highest BCUT2D eigenvalue weighted by atomic mass is 16.5. The fourth-order valence-electron chi connectivity index (χ4n) is 1.42. The molecule has 0 bridgehead atoms. The Hall–Kier alpha value is -1.69. The van der Waals surface area contributed by atoms with Gasteiger partial charge in [0.05, 0.1) is 25.6 Å². The first-order valence-corrected chi connectivity index (χ1v) is 4.76. The van der Waals surface area contributed by atoms with Gasteiger partial charge in [-0.1, -0.05) is 0 Å². The average molecular weight is 207 g/mol. The number of nitrogens with zero attached hydrogens (tertiary/aromatic N) is 3. The molecule has 1 aliphatic heterocycles. The van der Waals surface area contributed by atoms with Crippen LogP contribution in [0.1, 0.15) is 5.69 Å². The highest BCUT2D eigenvalue weighted by molar-refractivity contribution is 5.92. The molecule has 1 aromatic rings. The molecule has 2 rings (SSSR count). The van der Waals surface area contributed by atoms with Gasteiger partial charge in [0.1, 0.15) is 17.3 Å². The number of hydrogen-bond donors (Lipinski definition) is 2. The van der Waals surface area contributed by atoms with Crippen LogP contribution >= 0.6 is 0 Å². The van der Waals surface area contributed by atoms with Gasteiger partial charge in [0.25, 0.3) is 0 Å². The van der Waals surface area contributed by atoms with Gasteiger partial charge in [0.2, 0.25) is 0 Å². The van der Waals surface area contributed by atoms with E-state index in [4.69, 9.17) is 15.9 Å². The lowest BCUT2D eigenvalue weighted by Crippen LogP contribution is -2.36. The Morgan fingerprint density at radius 3 is 2.60 bits per heavy atom. The van der Waals surface area contributed by atoms with Crippen LogP contribution in [0.25, 0.3) is 0 Å². The van der Waals surface area contributed by atoms with Gasteiger partial charge in [-0.15, -0.1) is 0 Å². The van der Waals surface area contributed by atoms with Crippen LogP contribution in [-0.4, -0.2) is 42.1 Å². The summed E-state index contributed by atoms with van der Waals surface area (Å²) in [5.41, 5.74) is 5.70. The van der Waals surface area contributed by atoms with E-state index >= 15 is 0 Å². The third-order valence-electron chi connectivity index (χ3n) is 2.25. The van der Waals surface area contributed by atoms with E-state index in [1.807, 2.05) is 0 Å². The molecule has 15 heavy (non-hydrogen) atoms. The summed E-state index contributed by atoms with van der Waals surface area (Å²) >= 11 is 0. The van der Waals surface area contributed by atoms with E-state index in [1.165, 1.54) is 6.20 Å². The normalized spacial score (nSPS) is 16.4. The maximum Gasteiger partial charge on any atom is 0.147 e. The van der Waals surface area contributed by atoms with Crippen molar-refractivity contribution in [1.29, 1.82) is 5.41 Å². The number of anilines is 1. The van der Waals surface area contributed by atoms with E-state index in [9.17, 15) is 0 Å². The predicted molar refractivity (Wildman–Crippen MR) is 56.1 cm³/mol. The summed E-state index contributed by atoms with van der Waals surface area (Å²) < 4.78 is 5.24. The van der Waals surface area contributed by atoms with Crippen LogP contribution in [0.5, 0.6) is 0 Å². The lowest BCUT2D eigenvalue weighted by Gasteiger charge is -2.27. The summed E-state index contributed by atoms with van der Waals surface area (Å²) in [6.45, 7) is 3.09. The zero-order chi connectivity index (χ0) is 10.7. The van der Waals surface area contributed by atoms with E-state index in [1.54, 1.807) is 6.20 Å². The quantitative estimate of drug-likeness (QED) is 0.508. The first-order valence-electron chi connectivity index (χ1n) is 4.76. The Morgan fingerprint density at radius 1 is 1.33 bits per heavy atom. The highest BCUT2D eigenvalue weighted by Crippen LogP contribution is 2.10. The van der Waals surface area contributed by atoms with Crippen LogP contribution in [0.4, 0.5) is 5.82 Å². The Labute approximate surface area is 87.6 Å². The van der Waals surface area contributed by atoms with Crippen molar-refractivity contribution < 1.29 is 4.74 Å². The van der Waals surface area contributed by atoms with Crippen molar-refractivity contribution in [2.75, 3.05) is 31.2 Å². The summed E-state index contributed by atoms with van der Waals surface area (Å²) in [7, 11) is 0. The summed E-state index contributed by atoms with van der Waals surface area (Å²) in [6.07, 6.45) is 3.16. The minimum atomic E-state index is -0.0592. The average Bonchev–Trinajstić information content (AvgIpc) is 2.30.